The summed E-state index contributed by atoms with van der Waals surface area (Å²) in [5.74, 6) is 0.0337. The monoisotopic (exact) mass is 373 g/mol. The van der Waals surface area contributed by atoms with Crippen LogP contribution in [0, 0.1) is 0 Å². The number of carbonyl (C=O) groups is 1. The first-order valence-electron chi connectivity index (χ1n) is 9.56. The lowest BCUT2D eigenvalue weighted by molar-refractivity contribution is -0.120. The van der Waals surface area contributed by atoms with Gasteiger partial charge in [-0.05, 0) is 38.3 Å². The van der Waals surface area contributed by atoms with Crippen LogP contribution in [0.15, 0.2) is 34.2 Å². The molecule has 26 heavy (non-hydrogen) atoms. The number of nitrogens with zero attached hydrogens (tertiary/aromatic N) is 2. The fourth-order valence-corrected chi connectivity index (χ4v) is 4.30. The number of unbranched alkanes of at least 4 members (excludes halogenated alkanes) is 1. The number of benzene rings is 1. The van der Waals surface area contributed by atoms with Crippen molar-refractivity contribution in [3.05, 3.63) is 34.6 Å². The molecule has 0 radical (unpaired) electrons. The molecule has 0 aliphatic heterocycles. The number of hydrogen-bond donors (Lipinski definition) is 1. The minimum atomic E-state index is -0.281. The summed E-state index contributed by atoms with van der Waals surface area (Å²) in [7, 11) is 0. The van der Waals surface area contributed by atoms with Crippen LogP contribution < -0.4 is 10.9 Å². The summed E-state index contributed by atoms with van der Waals surface area (Å²) in [4.78, 5) is 30.1. The van der Waals surface area contributed by atoms with E-state index in [2.05, 4.69) is 17.2 Å². The minimum absolute atomic E-state index is 0.0186. The van der Waals surface area contributed by atoms with Crippen LogP contribution in [0.3, 0.4) is 0 Å². The Hall–Kier alpha value is -1.82. The van der Waals surface area contributed by atoms with Crippen molar-refractivity contribution >= 4 is 28.6 Å². The molecule has 1 saturated carbocycles. The van der Waals surface area contributed by atoms with Crippen molar-refractivity contribution in [3.63, 3.8) is 0 Å². The van der Waals surface area contributed by atoms with Crippen molar-refractivity contribution in [2.75, 3.05) is 0 Å². The van der Waals surface area contributed by atoms with Crippen LogP contribution >= 0.6 is 11.8 Å². The van der Waals surface area contributed by atoms with Crippen LogP contribution in [0.2, 0.25) is 0 Å². The SMILES string of the molecule is CCCCn1c(S[C@H](C)C(=O)NC2CCCC2)nc2ccccc2c1=O. The first-order valence-corrected chi connectivity index (χ1v) is 10.4. The molecule has 0 bridgehead atoms. The smallest absolute Gasteiger partial charge is 0.262 e. The number of hydrogen-bond acceptors (Lipinski definition) is 4. The van der Waals surface area contributed by atoms with Crippen molar-refractivity contribution < 1.29 is 4.79 Å². The normalized spacial score (nSPS) is 16.1. The number of rotatable bonds is 7. The highest BCUT2D eigenvalue weighted by atomic mass is 32.2. The summed E-state index contributed by atoms with van der Waals surface area (Å²) in [6, 6.07) is 7.72. The number of para-hydroxylation sites is 1. The fraction of sp³-hybridized carbons (Fsp3) is 0.550. The molecule has 0 unspecified atom stereocenters. The molecule has 1 amide bonds. The van der Waals surface area contributed by atoms with Gasteiger partial charge in [-0.3, -0.25) is 14.2 Å². The van der Waals surface area contributed by atoms with Crippen LogP contribution in [0.4, 0.5) is 0 Å². The number of nitrogens with one attached hydrogen (secondary N) is 1. The van der Waals surface area contributed by atoms with Gasteiger partial charge < -0.3 is 5.32 Å². The lowest BCUT2D eigenvalue weighted by Gasteiger charge is -2.18. The second kappa shape index (κ2) is 8.71. The zero-order valence-corrected chi connectivity index (χ0v) is 16.3. The predicted octanol–water partition coefficient (Wildman–Crippen LogP) is 3.74. The predicted molar refractivity (Wildman–Crippen MR) is 107 cm³/mol. The van der Waals surface area contributed by atoms with Crippen LogP contribution in [0.5, 0.6) is 0 Å². The second-order valence-corrected chi connectivity index (χ2v) is 8.28. The summed E-state index contributed by atoms with van der Waals surface area (Å²) in [5, 5.41) is 4.13. The molecule has 1 fully saturated rings. The van der Waals surface area contributed by atoms with E-state index in [1.807, 2.05) is 31.2 Å². The molecular weight excluding hydrogens is 346 g/mol. The van der Waals surface area contributed by atoms with E-state index in [0.29, 0.717) is 28.6 Å². The summed E-state index contributed by atoms with van der Waals surface area (Å²) in [6.45, 7) is 4.62. The Morgan fingerprint density at radius 2 is 2.08 bits per heavy atom. The zero-order valence-electron chi connectivity index (χ0n) is 15.5. The highest BCUT2D eigenvalue weighted by Gasteiger charge is 2.23. The Kier molecular flexibility index (Phi) is 6.35. The third-order valence-electron chi connectivity index (χ3n) is 4.91. The van der Waals surface area contributed by atoms with Crippen LogP contribution in [0.1, 0.15) is 52.4 Å². The highest BCUT2D eigenvalue weighted by Crippen LogP contribution is 2.24. The first kappa shape index (κ1) is 19.0. The number of aromatic nitrogens is 2. The molecule has 5 nitrogen and oxygen atoms in total. The van der Waals surface area contributed by atoms with Crippen LogP contribution in [0.25, 0.3) is 10.9 Å². The molecule has 2 aromatic rings. The van der Waals surface area contributed by atoms with Crippen molar-refractivity contribution in [1.82, 2.24) is 14.9 Å². The molecule has 6 heteroatoms. The van der Waals surface area contributed by atoms with E-state index in [4.69, 9.17) is 0 Å². The lowest BCUT2D eigenvalue weighted by Crippen LogP contribution is -2.38. The standard InChI is InChI=1S/C20H27N3O2S/c1-3-4-13-23-19(25)16-11-7-8-12-17(16)22-20(23)26-14(2)18(24)21-15-9-5-6-10-15/h7-8,11-12,14-15H,3-6,9-10,13H2,1-2H3,(H,21,24)/t14-/m1/s1. The molecule has 1 aliphatic rings. The van der Waals surface area contributed by atoms with Crippen molar-refractivity contribution in [2.24, 2.45) is 0 Å². The van der Waals surface area contributed by atoms with E-state index in [-0.39, 0.29) is 16.7 Å². The zero-order chi connectivity index (χ0) is 18.5. The van der Waals surface area contributed by atoms with E-state index >= 15 is 0 Å². The average Bonchev–Trinajstić information content (AvgIpc) is 3.14. The quantitative estimate of drug-likeness (QED) is 0.593. The van der Waals surface area contributed by atoms with Gasteiger partial charge in [0.15, 0.2) is 5.16 Å². The van der Waals surface area contributed by atoms with E-state index in [0.717, 1.165) is 25.7 Å². The number of amides is 1. The molecule has 1 aromatic carbocycles. The van der Waals surface area contributed by atoms with Gasteiger partial charge >= 0.3 is 0 Å². The molecule has 1 aliphatic carbocycles. The van der Waals surface area contributed by atoms with Gasteiger partial charge in [-0.15, -0.1) is 0 Å². The molecule has 140 valence electrons. The number of thioether (sulfide) groups is 1. The molecule has 1 heterocycles. The minimum Gasteiger partial charge on any atom is -0.352 e. The average molecular weight is 374 g/mol. The third kappa shape index (κ3) is 4.29. The van der Waals surface area contributed by atoms with Crippen molar-refractivity contribution in [3.8, 4) is 0 Å². The maximum atomic E-state index is 12.9. The van der Waals surface area contributed by atoms with Gasteiger partial charge in [0, 0.05) is 12.6 Å². The largest absolute Gasteiger partial charge is 0.352 e. The van der Waals surface area contributed by atoms with E-state index in [9.17, 15) is 9.59 Å². The maximum absolute atomic E-state index is 12.9. The van der Waals surface area contributed by atoms with Gasteiger partial charge in [-0.2, -0.15) is 0 Å². The fourth-order valence-electron chi connectivity index (χ4n) is 3.35. The molecule has 1 atom stereocenters. The summed E-state index contributed by atoms with van der Waals surface area (Å²) in [5.41, 5.74) is 0.672. The molecular formula is C20H27N3O2S. The Balaban J connectivity index is 1.84. The Bertz CT molecular complexity index is 827. The lowest BCUT2D eigenvalue weighted by atomic mass is 10.2. The molecule has 0 saturated heterocycles. The molecule has 3 rings (SSSR count). The van der Waals surface area contributed by atoms with Gasteiger partial charge in [0.05, 0.1) is 16.2 Å². The van der Waals surface area contributed by atoms with Crippen molar-refractivity contribution in [2.45, 2.75) is 75.4 Å². The Labute approximate surface area is 158 Å². The van der Waals surface area contributed by atoms with Gasteiger partial charge in [0.1, 0.15) is 0 Å². The second-order valence-electron chi connectivity index (χ2n) is 6.97. The Morgan fingerprint density at radius 1 is 1.35 bits per heavy atom. The maximum Gasteiger partial charge on any atom is 0.262 e. The topological polar surface area (TPSA) is 64.0 Å². The van der Waals surface area contributed by atoms with Gasteiger partial charge in [-0.1, -0.05) is 50.1 Å². The van der Waals surface area contributed by atoms with Gasteiger partial charge in [0.2, 0.25) is 5.91 Å². The van der Waals surface area contributed by atoms with Crippen LogP contribution in [-0.2, 0) is 11.3 Å². The summed E-state index contributed by atoms with van der Waals surface area (Å²) < 4.78 is 1.73. The number of carbonyl (C=O) groups excluding carboxylic acids is 1. The summed E-state index contributed by atoms with van der Waals surface area (Å²) >= 11 is 1.38. The first-order chi connectivity index (χ1) is 12.6. The van der Waals surface area contributed by atoms with Gasteiger partial charge in [0.25, 0.3) is 5.56 Å². The third-order valence-corrected chi connectivity index (χ3v) is 6.00. The molecule has 1 N–H and O–H groups in total. The highest BCUT2D eigenvalue weighted by molar-refractivity contribution is 8.00. The van der Waals surface area contributed by atoms with E-state index in [1.165, 1.54) is 24.6 Å². The Morgan fingerprint density at radius 3 is 2.81 bits per heavy atom. The number of fused-ring (bicyclic) bond motifs is 1. The summed E-state index contributed by atoms with van der Waals surface area (Å²) in [6.07, 6.45) is 6.43. The van der Waals surface area contributed by atoms with E-state index < -0.39 is 0 Å². The molecule has 0 spiro atoms. The van der Waals surface area contributed by atoms with Crippen molar-refractivity contribution in [1.29, 1.82) is 0 Å². The molecule has 1 aromatic heterocycles. The van der Waals surface area contributed by atoms with E-state index in [1.54, 1.807) is 4.57 Å². The van der Waals surface area contributed by atoms with Gasteiger partial charge in [-0.25, -0.2) is 4.98 Å². The van der Waals surface area contributed by atoms with Crippen LogP contribution in [-0.4, -0.2) is 26.8 Å².